The van der Waals surface area contributed by atoms with Gasteiger partial charge in [-0.2, -0.15) is 0 Å². The minimum Gasteiger partial charge on any atom is -0.353 e. The largest absolute Gasteiger partial charge is 0.353 e. The zero-order valence-electron chi connectivity index (χ0n) is 7.79. The Labute approximate surface area is 74.6 Å². The smallest absolute Gasteiger partial charge is 0.157 e. The molecule has 0 aliphatic carbocycles. The fourth-order valence-corrected chi connectivity index (χ4v) is 1.37. The Hall–Kier alpha value is -0.340. The van der Waals surface area contributed by atoms with Crippen LogP contribution in [0.5, 0.6) is 0 Å². The third kappa shape index (κ3) is 3.37. The van der Waals surface area contributed by atoms with Crippen molar-refractivity contribution >= 4 is 0 Å². The number of hydrogen-bond acceptors (Lipinski definition) is 2. The van der Waals surface area contributed by atoms with Crippen LogP contribution in [0.4, 0.5) is 0 Å². The van der Waals surface area contributed by atoms with E-state index in [1.807, 2.05) is 6.08 Å². The van der Waals surface area contributed by atoms with Crippen LogP contribution in [0.3, 0.4) is 0 Å². The highest BCUT2D eigenvalue weighted by molar-refractivity contribution is 4.71. The molecular formula is C10H18O2. The van der Waals surface area contributed by atoms with Crippen LogP contribution in [-0.4, -0.2) is 19.0 Å². The molecule has 0 unspecified atom stereocenters. The fraction of sp³-hybridized carbons (Fsp3) is 0.800. The van der Waals surface area contributed by atoms with Crippen LogP contribution in [0.15, 0.2) is 12.7 Å². The molecular weight excluding hydrogens is 152 g/mol. The van der Waals surface area contributed by atoms with Gasteiger partial charge in [0.05, 0.1) is 6.10 Å². The lowest BCUT2D eigenvalue weighted by Gasteiger charge is -2.25. The molecule has 2 nitrogen and oxygen atoms in total. The van der Waals surface area contributed by atoms with Gasteiger partial charge in [0, 0.05) is 6.61 Å². The molecule has 0 aromatic carbocycles. The minimum atomic E-state index is 0.0358. The Kier molecular flexibility index (Phi) is 4.33. The third-order valence-electron chi connectivity index (χ3n) is 2.02. The predicted molar refractivity (Wildman–Crippen MR) is 49.0 cm³/mol. The Morgan fingerprint density at radius 1 is 1.67 bits per heavy atom. The lowest BCUT2D eigenvalue weighted by Crippen LogP contribution is -2.26. The molecule has 0 saturated carbocycles. The van der Waals surface area contributed by atoms with Crippen molar-refractivity contribution in [1.29, 1.82) is 0 Å². The maximum absolute atomic E-state index is 5.64. The average Bonchev–Trinajstić information content (AvgIpc) is 2.06. The van der Waals surface area contributed by atoms with E-state index in [9.17, 15) is 0 Å². The number of hydrogen-bond donors (Lipinski definition) is 0. The van der Waals surface area contributed by atoms with Crippen molar-refractivity contribution in [2.24, 2.45) is 0 Å². The molecule has 70 valence electrons. The van der Waals surface area contributed by atoms with E-state index in [2.05, 4.69) is 13.5 Å². The average molecular weight is 170 g/mol. The molecule has 2 atom stereocenters. The molecule has 1 rings (SSSR count). The first-order valence-corrected chi connectivity index (χ1v) is 4.71. The summed E-state index contributed by atoms with van der Waals surface area (Å²) in [5, 5.41) is 0. The first kappa shape index (κ1) is 9.75. The van der Waals surface area contributed by atoms with E-state index in [0.29, 0.717) is 0 Å². The van der Waals surface area contributed by atoms with Crippen molar-refractivity contribution in [3.05, 3.63) is 12.7 Å². The highest BCUT2D eigenvalue weighted by atomic mass is 16.7. The Balaban J connectivity index is 2.15. The zero-order valence-corrected chi connectivity index (χ0v) is 7.79. The SMILES string of the molecule is C=CC[C@H](C)O[C@@H]1CCCCO1. The second-order valence-electron chi connectivity index (χ2n) is 3.27. The number of rotatable bonds is 4. The number of ether oxygens (including phenoxy) is 2. The summed E-state index contributed by atoms with van der Waals surface area (Å²) >= 11 is 0. The molecule has 0 spiro atoms. The van der Waals surface area contributed by atoms with E-state index in [-0.39, 0.29) is 12.4 Å². The molecule has 2 heteroatoms. The van der Waals surface area contributed by atoms with Crippen molar-refractivity contribution in [1.82, 2.24) is 0 Å². The molecule has 12 heavy (non-hydrogen) atoms. The van der Waals surface area contributed by atoms with Crippen molar-refractivity contribution in [2.75, 3.05) is 6.61 Å². The summed E-state index contributed by atoms with van der Waals surface area (Å²) in [6, 6.07) is 0. The van der Waals surface area contributed by atoms with E-state index >= 15 is 0 Å². The summed E-state index contributed by atoms with van der Waals surface area (Å²) in [6.45, 7) is 6.58. The summed E-state index contributed by atoms with van der Waals surface area (Å²) in [7, 11) is 0. The van der Waals surface area contributed by atoms with Gasteiger partial charge in [-0.1, -0.05) is 6.08 Å². The summed E-state index contributed by atoms with van der Waals surface area (Å²) in [5.74, 6) is 0. The van der Waals surface area contributed by atoms with Gasteiger partial charge >= 0.3 is 0 Å². The van der Waals surface area contributed by atoms with Crippen LogP contribution >= 0.6 is 0 Å². The van der Waals surface area contributed by atoms with Crippen molar-refractivity contribution < 1.29 is 9.47 Å². The second-order valence-corrected chi connectivity index (χ2v) is 3.27. The first-order chi connectivity index (χ1) is 5.83. The third-order valence-corrected chi connectivity index (χ3v) is 2.02. The Bertz CT molecular complexity index is 128. The zero-order chi connectivity index (χ0) is 8.81. The molecule has 1 heterocycles. The van der Waals surface area contributed by atoms with Crippen molar-refractivity contribution in [3.63, 3.8) is 0 Å². The van der Waals surface area contributed by atoms with Crippen LogP contribution in [-0.2, 0) is 9.47 Å². The standard InChI is InChI=1S/C10H18O2/c1-3-6-9(2)12-10-7-4-5-8-11-10/h3,9-10H,1,4-8H2,2H3/t9-,10+/m0/s1. The van der Waals surface area contributed by atoms with Gasteiger partial charge in [-0.05, 0) is 32.6 Å². The molecule has 0 aromatic heterocycles. The highest BCUT2D eigenvalue weighted by Crippen LogP contribution is 2.16. The van der Waals surface area contributed by atoms with Gasteiger partial charge in [0.25, 0.3) is 0 Å². The molecule has 1 aliphatic rings. The van der Waals surface area contributed by atoms with E-state index < -0.39 is 0 Å². The quantitative estimate of drug-likeness (QED) is 0.603. The summed E-state index contributed by atoms with van der Waals surface area (Å²) < 4.78 is 11.1. The summed E-state index contributed by atoms with van der Waals surface area (Å²) in [4.78, 5) is 0. The molecule has 1 fully saturated rings. The summed E-state index contributed by atoms with van der Waals surface area (Å²) in [5.41, 5.74) is 0. The maximum atomic E-state index is 5.64. The summed E-state index contributed by atoms with van der Waals surface area (Å²) in [6.07, 6.45) is 6.51. The van der Waals surface area contributed by atoms with Crippen LogP contribution in [0.2, 0.25) is 0 Å². The van der Waals surface area contributed by atoms with Gasteiger partial charge in [0.15, 0.2) is 6.29 Å². The molecule has 0 bridgehead atoms. The highest BCUT2D eigenvalue weighted by Gasteiger charge is 2.16. The molecule has 1 aliphatic heterocycles. The molecule has 0 aromatic rings. The van der Waals surface area contributed by atoms with E-state index in [1.165, 1.54) is 12.8 Å². The Morgan fingerprint density at radius 3 is 3.08 bits per heavy atom. The van der Waals surface area contributed by atoms with Crippen LogP contribution < -0.4 is 0 Å². The maximum Gasteiger partial charge on any atom is 0.157 e. The monoisotopic (exact) mass is 170 g/mol. The normalized spacial score (nSPS) is 26.6. The van der Waals surface area contributed by atoms with Gasteiger partial charge < -0.3 is 9.47 Å². The van der Waals surface area contributed by atoms with E-state index in [1.54, 1.807) is 0 Å². The van der Waals surface area contributed by atoms with Gasteiger partial charge in [0.1, 0.15) is 0 Å². The van der Waals surface area contributed by atoms with Crippen LogP contribution in [0.1, 0.15) is 32.6 Å². The van der Waals surface area contributed by atoms with Crippen LogP contribution in [0.25, 0.3) is 0 Å². The van der Waals surface area contributed by atoms with E-state index in [4.69, 9.17) is 9.47 Å². The topological polar surface area (TPSA) is 18.5 Å². The molecule has 0 radical (unpaired) electrons. The van der Waals surface area contributed by atoms with Gasteiger partial charge in [-0.25, -0.2) is 0 Å². The molecule has 0 amide bonds. The fourth-order valence-electron chi connectivity index (χ4n) is 1.37. The molecule has 1 saturated heterocycles. The second kappa shape index (κ2) is 5.33. The minimum absolute atomic E-state index is 0.0358. The lowest BCUT2D eigenvalue weighted by atomic mass is 10.2. The predicted octanol–water partition coefficient (Wildman–Crippen LogP) is 2.49. The van der Waals surface area contributed by atoms with Gasteiger partial charge in [-0.3, -0.25) is 0 Å². The van der Waals surface area contributed by atoms with Crippen molar-refractivity contribution in [3.8, 4) is 0 Å². The van der Waals surface area contributed by atoms with Crippen LogP contribution in [0, 0.1) is 0 Å². The van der Waals surface area contributed by atoms with Crippen molar-refractivity contribution in [2.45, 2.75) is 45.0 Å². The van der Waals surface area contributed by atoms with Gasteiger partial charge in [-0.15, -0.1) is 6.58 Å². The van der Waals surface area contributed by atoms with E-state index in [0.717, 1.165) is 19.4 Å². The Morgan fingerprint density at radius 2 is 2.50 bits per heavy atom. The van der Waals surface area contributed by atoms with Gasteiger partial charge in [0.2, 0.25) is 0 Å². The lowest BCUT2D eigenvalue weighted by molar-refractivity contribution is -0.183. The molecule has 0 N–H and O–H groups in total. The first-order valence-electron chi connectivity index (χ1n) is 4.71.